The first-order valence-corrected chi connectivity index (χ1v) is 33.2. The molecule has 0 spiro atoms. The third kappa shape index (κ3) is 60.9. The molecule has 0 aliphatic heterocycles. The van der Waals surface area contributed by atoms with Crippen LogP contribution in [0.4, 0.5) is 0 Å². The summed E-state index contributed by atoms with van der Waals surface area (Å²) >= 11 is 0. The Morgan fingerprint density at radius 2 is 0.452 bits per heavy atom. The molecule has 0 aliphatic carbocycles. The van der Waals surface area contributed by atoms with Gasteiger partial charge < -0.3 is 14.2 Å². The number of hydrogen-bond donors (Lipinski definition) is 0. The van der Waals surface area contributed by atoms with Crippen molar-refractivity contribution in [3.05, 3.63) is 12.2 Å². The Labute approximate surface area is 456 Å². The molecular weight excluding hydrogens is 901 g/mol. The summed E-state index contributed by atoms with van der Waals surface area (Å²) in [6, 6.07) is 0. The lowest BCUT2D eigenvalue weighted by atomic mass is 10.0. The zero-order valence-corrected chi connectivity index (χ0v) is 49.7. The molecule has 0 aromatic heterocycles. The zero-order valence-electron chi connectivity index (χ0n) is 49.7. The number of ether oxygens (including phenoxy) is 3. The monoisotopic (exact) mass is 1030 g/mol. The van der Waals surface area contributed by atoms with Crippen molar-refractivity contribution >= 4 is 17.9 Å². The van der Waals surface area contributed by atoms with Gasteiger partial charge in [-0.1, -0.05) is 328 Å². The van der Waals surface area contributed by atoms with Gasteiger partial charge in [-0.2, -0.15) is 0 Å². The highest BCUT2D eigenvalue weighted by Gasteiger charge is 2.19. The first-order valence-electron chi connectivity index (χ1n) is 33.2. The normalized spacial score (nSPS) is 12.0. The third-order valence-electron chi connectivity index (χ3n) is 15.3. The van der Waals surface area contributed by atoms with E-state index in [0.29, 0.717) is 19.3 Å². The lowest BCUT2D eigenvalue weighted by Gasteiger charge is -2.18. The minimum Gasteiger partial charge on any atom is -0.462 e. The quantitative estimate of drug-likeness (QED) is 0.0261. The summed E-state index contributed by atoms with van der Waals surface area (Å²) in [5, 5.41) is 0. The highest BCUT2D eigenvalue weighted by molar-refractivity contribution is 5.71. The van der Waals surface area contributed by atoms with Gasteiger partial charge in [0.1, 0.15) is 13.2 Å². The van der Waals surface area contributed by atoms with Crippen LogP contribution in [0.25, 0.3) is 0 Å². The van der Waals surface area contributed by atoms with Crippen LogP contribution in [-0.2, 0) is 28.6 Å². The van der Waals surface area contributed by atoms with Crippen LogP contribution in [0.1, 0.15) is 380 Å². The second-order valence-electron chi connectivity index (χ2n) is 22.7. The third-order valence-corrected chi connectivity index (χ3v) is 15.3. The van der Waals surface area contributed by atoms with Crippen molar-refractivity contribution in [3.8, 4) is 0 Å². The molecule has 432 valence electrons. The van der Waals surface area contributed by atoms with Crippen LogP contribution in [0.15, 0.2) is 12.2 Å². The van der Waals surface area contributed by atoms with Crippen molar-refractivity contribution in [2.24, 2.45) is 0 Å². The van der Waals surface area contributed by atoms with Crippen molar-refractivity contribution in [1.29, 1.82) is 0 Å². The summed E-state index contributed by atoms with van der Waals surface area (Å²) in [5.41, 5.74) is 0. The average molecular weight is 1030 g/mol. The Hall–Kier alpha value is -1.85. The summed E-state index contributed by atoms with van der Waals surface area (Å²) in [6.07, 6.45) is 73.7. The molecule has 0 fully saturated rings. The second-order valence-corrected chi connectivity index (χ2v) is 22.7. The van der Waals surface area contributed by atoms with E-state index in [-0.39, 0.29) is 31.1 Å². The summed E-state index contributed by atoms with van der Waals surface area (Å²) in [7, 11) is 0. The fraction of sp³-hybridized carbons (Fsp3) is 0.925. The second kappa shape index (κ2) is 62.7. The van der Waals surface area contributed by atoms with Crippen LogP contribution in [0.5, 0.6) is 0 Å². The van der Waals surface area contributed by atoms with Crippen molar-refractivity contribution in [3.63, 3.8) is 0 Å². The molecule has 0 aromatic rings. The van der Waals surface area contributed by atoms with E-state index in [1.54, 1.807) is 0 Å². The Balaban J connectivity index is 4.25. The van der Waals surface area contributed by atoms with E-state index < -0.39 is 6.10 Å². The van der Waals surface area contributed by atoms with Crippen LogP contribution in [0.3, 0.4) is 0 Å². The topological polar surface area (TPSA) is 78.9 Å². The van der Waals surface area contributed by atoms with Gasteiger partial charge in [0.15, 0.2) is 6.10 Å². The van der Waals surface area contributed by atoms with E-state index in [9.17, 15) is 14.4 Å². The molecule has 1 unspecified atom stereocenters. The van der Waals surface area contributed by atoms with Gasteiger partial charge in [-0.3, -0.25) is 14.4 Å². The maximum Gasteiger partial charge on any atom is 0.306 e. The summed E-state index contributed by atoms with van der Waals surface area (Å²) in [5.74, 6) is -0.842. The Bertz CT molecular complexity index is 1130. The standard InChI is InChI=1S/C67H128O6/c1-4-7-10-13-16-19-22-25-28-30-31-32-33-34-35-37-39-42-45-48-51-54-57-60-66(69)72-63-64(62-71-65(68)59-56-53-50-47-44-41-38-27-24-21-18-15-12-9-6-3)73-67(70)61-58-55-52-49-46-43-40-36-29-26-23-20-17-14-11-8-5-2/h27,38,64H,4-26,28-37,39-63H2,1-3H3/b38-27-. The number of carbonyl (C=O) groups excluding carboxylic acids is 3. The highest BCUT2D eigenvalue weighted by atomic mass is 16.6. The Morgan fingerprint density at radius 1 is 0.260 bits per heavy atom. The van der Waals surface area contributed by atoms with Crippen molar-refractivity contribution in [1.82, 2.24) is 0 Å². The molecule has 6 heteroatoms. The molecule has 0 aliphatic rings. The molecule has 0 N–H and O–H groups in total. The lowest BCUT2D eigenvalue weighted by molar-refractivity contribution is -0.167. The van der Waals surface area contributed by atoms with Gasteiger partial charge in [0.05, 0.1) is 0 Å². The SMILES string of the molecule is CCCCCCCC/C=C\CCCCCCCC(=O)OCC(COC(=O)CCCCCCCCCCCCCCCCCCCCCCCCC)OC(=O)CCCCCCCCCCCCCCCCCCC. The average Bonchev–Trinajstić information content (AvgIpc) is 3.39. The number of rotatable bonds is 62. The maximum absolute atomic E-state index is 12.9. The first kappa shape index (κ1) is 71.2. The number of carbonyl (C=O) groups is 3. The fourth-order valence-corrected chi connectivity index (χ4v) is 10.3. The molecule has 73 heavy (non-hydrogen) atoms. The predicted molar refractivity (Wildman–Crippen MR) is 317 cm³/mol. The van der Waals surface area contributed by atoms with E-state index in [0.717, 1.165) is 64.2 Å². The first-order chi connectivity index (χ1) is 36.0. The molecule has 0 heterocycles. The van der Waals surface area contributed by atoms with Gasteiger partial charge in [0.2, 0.25) is 0 Å². The van der Waals surface area contributed by atoms with E-state index in [1.807, 2.05) is 0 Å². The molecule has 0 amide bonds. The van der Waals surface area contributed by atoms with Gasteiger partial charge in [0, 0.05) is 19.3 Å². The van der Waals surface area contributed by atoms with Crippen molar-refractivity contribution in [2.75, 3.05) is 13.2 Å². The van der Waals surface area contributed by atoms with Gasteiger partial charge >= 0.3 is 17.9 Å². The van der Waals surface area contributed by atoms with Crippen LogP contribution >= 0.6 is 0 Å². The van der Waals surface area contributed by atoms with Crippen LogP contribution in [-0.4, -0.2) is 37.2 Å². The lowest BCUT2D eigenvalue weighted by Crippen LogP contribution is -2.30. The van der Waals surface area contributed by atoms with Crippen molar-refractivity contribution in [2.45, 2.75) is 386 Å². The van der Waals surface area contributed by atoms with E-state index >= 15 is 0 Å². The minimum absolute atomic E-state index is 0.0658. The molecule has 0 rings (SSSR count). The summed E-state index contributed by atoms with van der Waals surface area (Å²) in [6.45, 7) is 6.71. The number of hydrogen-bond acceptors (Lipinski definition) is 6. The molecule has 0 aromatic carbocycles. The molecule has 0 bridgehead atoms. The number of allylic oxidation sites excluding steroid dienone is 2. The van der Waals surface area contributed by atoms with Gasteiger partial charge in [-0.25, -0.2) is 0 Å². The van der Waals surface area contributed by atoms with Crippen LogP contribution in [0.2, 0.25) is 0 Å². The maximum atomic E-state index is 12.9. The van der Waals surface area contributed by atoms with Gasteiger partial charge in [0.25, 0.3) is 0 Å². The van der Waals surface area contributed by atoms with E-state index in [1.165, 1.54) is 276 Å². The van der Waals surface area contributed by atoms with Crippen LogP contribution < -0.4 is 0 Å². The molecule has 0 saturated heterocycles. The fourth-order valence-electron chi connectivity index (χ4n) is 10.3. The minimum atomic E-state index is -0.769. The van der Waals surface area contributed by atoms with E-state index in [2.05, 4.69) is 32.9 Å². The number of esters is 3. The largest absolute Gasteiger partial charge is 0.462 e. The summed E-state index contributed by atoms with van der Waals surface area (Å²) in [4.78, 5) is 38.3. The van der Waals surface area contributed by atoms with Gasteiger partial charge in [-0.05, 0) is 44.9 Å². The molecular formula is C67H128O6. The Kier molecular flexibility index (Phi) is 61.1. The smallest absolute Gasteiger partial charge is 0.306 e. The molecule has 6 nitrogen and oxygen atoms in total. The van der Waals surface area contributed by atoms with E-state index in [4.69, 9.17) is 14.2 Å². The van der Waals surface area contributed by atoms with Crippen molar-refractivity contribution < 1.29 is 28.6 Å². The molecule has 0 radical (unpaired) electrons. The Morgan fingerprint density at radius 3 is 0.685 bits per heavy atom. The van der Waals surface area contributed by atoms with Crippen LogP contribution in [0, 0.1) is 0 Å². The zero-order chi connectivity index (χ0) is 52.9. The number of unbranched alkanes of at least 4 members (excludes halogenated alkanes) is 49. The molecule has 0 saturated carbocycles. The predicted octanol–water partition coefficient (Wildman–Crippen LogP) is 22.4. The van der Waals surface area contributed by atoms with Gasteiger partial charge in [-0.15, -0.1) is 0 Å². The molecule has 1 atom stereocenters. The highest BCUT2D eigenvalue weighted by Crippen LogP contribution is 2.18. The summed E-state index contributed by atoms with van der Waals surface area (Å²) < 4.78 is 17.0.